The second-order valence-electron chi connectivity index (χ2n) is 8.13. The van der Waals surface area contributed by atoms with Gasteiger partial charge in [0.05, 0.1) is 22.8 Å². The standard InChI is InChI=1S/C26H20BrN5/c27-17-2-1-3-23(12-17)31-26-11-10-24(32-26)15-22-7-6-19(29-22)13-18-4-5-20(28-18)14-21-8-9-25(16-26)30-21/h1-10,12-16,28,31-32H,11H2. The SMILES string of the molecule is Brc1cccc(NC23C=C4C=CC(=N4)C=c4ccc([nH]4)=CC4=NC(=CC(=CC2)N3)C=C4)c1. The number of benzene rings is 1. The third kappa shape index (κ3) is 3.85. The fraction of sp³-hybridized carbons (Fsp3) is 0.0769. The Kier molecular flexibility index (Phi) is 4.47. The number of allylic oxidation sites excluding steroid dienone is 5. The minimum absolute atomic E-state index is 0.497. The van der Waals surface area contributed by atoms with Crippen LogP contribution in [0.25, 0.3) is 12.2 Å². The van der Waals surface area contributed by atoms with Gasteiger partial charge in [-0.05, 0) is 78.9 Å². The van der Waals surface area contributed by atoms with Gasteiger partial charge in [-0.25, -0.2) is 9.98 Å². The highest BCUT2D eigenvalue weighted by Crippen LogP contribution is 2.30. The number of anilines is 1. The number of nitrogens with zero attached hydrogens (tertiary/aromatic N) is 2. The van der Waals surface area contributed by atoms with Crippen LogP contribution in [0.15, 0.2) is 110 Å². The Bertz CT molecular complexity index is 1460. The highest BCUT2D eigenvalue weighted by Gasteiger charge is 2.32. The van der Waals surface area contributed by atoms with E-state index in [0.29, 0.717) is 0 Å². The molecule has 1 unspecified atom stereocenters. The lowest BCUT2D eigenvalue weighted by Crippen LogP contribution is -2.46. The smallest absolute Gasteiger partial charge is 0.133 e. The number of nitrogens with one attached hydrogen (secondary N) is 3. The van der Waals surface area contributed by atoms with E-state index in [2.05, 4.69) is 86.2 Å². The molecule has 0 aliphatic carbocycles. The van der Waals surface area contributed by atoms with Crippen molar-refractivity contribution in [3.05, 3.63) is 111 Å². The summed E-state index contributed by atoms with van der Waals surface area (Å²) < 4.78 is 1.03. The quantitative estimate of drug-likeness (QED) is 0.610. The molecule has 0 amide bonds. The van der Waals surface area contributed by atoms with E-state index in [1.54, 1.807) is 0 Å². The molecule has 6 heteroatoms. The molecule has 8 bridgehead atoms. The lowest BCUT2D eigenvalue weighted by molar-refractivity contribution is 0.544. The van der Waals surface area contributed by atoms with E-state index in [-0.39, 0.29) is 0 Å². The zero-order valence-electron chi connectivity index (χ0n) is 17.1. The molecule has 3 N–H and O–H groups in total. The summed E-state index contributed by atoms with van der Waals surface area (Å²) in [6.45, 7) is 0. The van der Waals surface area contributed by atoms with Crippen LogP contribution in [0.4, 0.5) is 5.69 Å². The highest BCUT2D eigenvalue weighted by molar-refractivity contribution is 9.10. The van der Waals surface area contributed by atoms with Crippen LogP contribution in [0.1, 0.15) is 6.42 Å². The van der Waals surface area contributed by atoms with Crippen LogP contribution in [-0.2, 0) is 0 Å². The lowest BCUT2D eigenvalue weighted by Gasteiger charge is -2.30. The summed E-state index contributed by atoms with van der Waals surface area (Å²) in [4.78, 5) is 13.0. The number of fused-ring (bicyclic) bond motifs is 6. The van der Waals surface area contributed by atoms with Crippen molar-refractivity contribution in [2.75, 3.05) is 5.32 Å². The Morgan fingerprint density at radius 1 is 0.875 bits per heavy atom. The summed E-state index contributed by atoms with van der Waals surface area (Å²) >= 11 is 3.57. The van der Waals surface area contributed by atoms with Gasteiger partial charge in [-0.15, -0.1) is 0 Å². The van der Waals surface area contributed by atoms with Gasteiger partial charge < -0.3 is 15.6 Å². The van der Waals surface area contributed by atoms with Crippen molar-refractivity contribution < 1.29 is 0 Å². The Hall–Kier alpha value is -3.64. The monoisotopic (exact) mass is 481 g/mol. The summed E-state index contributed by atoms with van der Waals surface area (Å²) in [5.74, 6) is 0. The number of rotatable bonds is 2. The number of hydrogen-bond donors (Lipinski definition) is 3. The maximum atomic E-state index is 4.83. The zero-order chi connectivity index (χ0) is 21.5. The van der Waals surface area contributed by atoms with Gasteiger partial charge in [-0.1, -0.05) is 28.1 Å². The normalized spacial score (nSPS) is 22.7. The summed E-state index contributed by atoms with van der Waals surface area (Å²) in [5.41, 5.74) is 5.24. The predicted octanol–water partition coefficient (Wildman–Crippen LogP) is 3.83. The van der Waals surface area contributed by atoms with Crippen LogP contribution in [0, 0.1) is 0 Å². The molecule has 4 aliphatic heterocycles. The van der Waals surface area contributed by atoms with E-state index in [0.717, 1.165) is 55.8 Å². The molecule has 0 spiro atoms. The van der Waals surface area contributed by atoms with Crippen molar-refractivity contribution in [2.24, 2.45) is 9.98 Å². The Labute approximate surface area is 193 Å². The van der Waals surface area contributed by atoms with Crippen LogP contribution in [0.5, 0.6) is 0 Å². The fourth-order valence-corrected chi connectivity index (χ4v) is 4.60. The van der Waals surface area contributed by atoms with Gasteiger partial charge in [-0.2, -0.15) is 0 Å². The number of aliphatic imine (C=N–C) groups is 2. The number of aromatic nitrogens is 1. The van der Waals surface area contributed by atoms with Crippen LogP contribution < -0.4 is 21.3 Å². The lowest BCUT2D eigenvalue weighted by atomic mass is 10.1. The van der Waals surface area contributed by atoms with Crippen molar-refractivity contribution in [1.29, 1.82) is 0 Å². The van der Waals surface area contributed by atoms with Crippen molar-refractivity contribution >= 4 is 45.2 Å². The number of hydrogen-bond acceptors (Lipinski definition) is 4. The van der Waals surface area contributed by atoms with Gasteiger partial charge in [0.15, 0.2) is 0 Å². The van der Waals surface area contributed by atoms with Crippen molar-refractivity contribution in [3.63, 3.8) is 0 Å². The second kappa shape index (κ2) is 7.50. The van der Waals surface area contributed by atoms with Crippen LogP contribution in [0.2, 0.25) is 0 Å². The molecule has 1 aromatic heterocycles. The van der Waals surface area contributed by atoms with E-state index in [4.69, 9.17) is 9.98 Å². The first-order chi connectivity index (χ1) is 15.6. The van der Waals surface area contributed by atoms with Gasteiger partial charge in [-0.3, -0.25) is 0 Å². The van der Waals surface area contributed by atoms with E-state index in [9.17, 15) is 0 Å². The topological polar surface area (TPSA) is 64.6 Å². The number of H-pyrrole nitrogens is 1. The molecule has 5 heterocycles. The maximum absolute atomic E-state index is 4.83. The summed E-state index contributed by atoms with van der Waals surface area (Å²) in [6, 6.07) is 12.3. The third-order valence-corrected chi connectivity index (χ3v) is 6.10. The molecule has 156 valence electrons. The van der Waals surface area contributed by atoms with Crippen molar-refractivity contribution in [1.82, 2.24) is 10.3 Å². The third-order valence-electron chi connectivity index (χ3n) is 5.61. The molecule has 6 rings (SSSR count). The number of halogens is 1. The molecule has 0 saturated carbocycles. The van der Waals surface area contributed by atoms with E-state index >= 15 is 0 Å². The van der Waals surface area contributed by atoms with Crippen molar-refractivity contribution in [3.8, 4) is 0 Å². The minimum Gasteiger partial charge on any atom is -0.359 e. The fourth-order valence-electron chi connectivity index (χ4n) is 4.20. The van der Waals surface area contributed by atoms with Crippen LogP contribution in [0.3, 0.4) is 0 Å². The van der Waals surface area contributed by atoms with Gasteiger partial charge in [0.2, 0.25) is 0 Å². The average molecular weight is 482 g/mol. The molecule has 5 nitrogen and oxygen atoms in total. The van der Waals surface area contributed by atoms with Crippen molar-refractivity contribution in [2.45, 2.75) is 12.1 Å². The summed E-state index contributed by atoms with van der Waals surface area (Å²) in [7, 11) is 0. The Morgan fingerprint density at radius 3 is 2.41 bits per heavy atom. The van der Waals surface area contributed by atoms with Gasteiger partial charge in [0.1, 0.15) is 5.66 Å². The Morgan fingerprint density at radius 2 is 1.62 bits per heavy atom. The van der Waals surface area contributed by atoms with E-state index in [1.807, 2.05) is 36.4 Å². The number of aromatic amines is 1. The average Bonchev–Trinajstić information content (AvgIpc) is 3.54. The molecular weight excluding hydrogens is 462 g/mol. The summed E-state index contributed by atoms with van der Waals surface area (Å²) in [6.07, 6.45) is 19.5. The van der Waals surface area contributed by atoms with Gasteiger partial charge in [0, 0.05) is 33.0 Å². The first kappa shape index (κ1) is 19.1. The predicted molar refractivity (Wildman–Crippen MR) is 135 cm³/mol. The molecular formula is C26H20BrN5. The molecule has 1 atom stereocenters. The molecule has 32 heavy (non-hydrogen) atoms. The molecule has 1 aromatic carbocycles. The first-order valence-electron chi connectivity index (χ1n) is 10.5. The van der Waals surface area contributed by atoms with Crippen LogP contribution >= 0.6 is 15.9 Å². The van der Waals surface area contributed by atoms with Gasteiger partial charge in [0.25, 0.3) is 0 Å². The van der Waals surface area contributed by atoms with E-state index in [1.165, 1.54) is 0 Å². The second-order valence-corrected chi connectivity index (χ2v) is 9.05. The zero-order valence-corrected chi connectivity index (χ0v) is 18.7. The minimum atomic E-state index is -0.497. The highest BCUT2D eigenvalue weighted by atomic mass is 79.9. The molecule has 0 saturated heterocycles. The largest absolute Gasteiger partial charge is 0.359 e. The summed E-state index contributed by atoms with van der Waals surface area (Å²) in [5, 5.41) is 9.37. The van der Waals surface area contributed by atoms with Crippen LogP contribution in [-0.4, -0.2) is 22.1 Å². The Balaban J connectivity index is 1.46. The molecule has 0 radical (unpaired) electrons. The maximum Gasteiger partial charge on any atom is 0.133 e. The first-order valence-corrected chi connectivity index (χ1v) is 11.3. The molecule has 2 aromatic rings. The van der Waals surface area contributed by atoms with Gasteiger partial charge >= 0.3 is 0 Å². The molecule has 0 fully saturated rings. The van der Waals surface area contributed by atoms with E-state index < -0.39 is 5.66 Å². The molecule has 4 aliphatic rings.